The Labute approximate surface area is 73.5 Å². The summed E-state index contributed by atoms with van der Waals surface area (Å²) < 4.78 is 0. The van der Waals surface area contributed by atoms with E-state index in [1.54, 1.807) is 0 Å². The van der Waals surface area contributed by atoms with Gasteiger partial charge in [-0.3, -0.25) is 4.99 Å². The first-order valence-electron chi connectivity index (χ1n) is 4.05. The molecule has 0 unspecified atom stereocenters. The van der Waals surface area contributed by atoms with E-state index in [4.69, 9.17) is 0 Å². The molecule has 0 N–H and O–H groups in total. The first-order chi connectivity index (χ1) is 5.84. The van der Waals surface area contributed by atoms with Gasteiger partial charge < -0.3 is 0 Å². The van der Waals surface area contributed by atoms with Crippen molar-refractivity contribution in [3.63, 3.8) is 0 Å². The smallest absolute Gasteiger partial charge is 0.0658 e. The molecule has 62 valence electrons. The van der Waals surface area contributed by atoms with Gasteiger partial charge in [0, 0.05) is 6.21 Å². The number of allylic oxidation sites excluding steroid dienone is 2. The van der Waals surface area contributed by atoms with E-state index in [9.17, 15) is 0 Å². The van der Waals surface area contributed by atoms with Gasteiger partial charge in [0.25, 0.3) is 0 Å². The predicted octanol–water partition coefficient (Wildman–Crippen LogP) is 3.27. The van der Waals surface area contributed by atoms with Gasteiger partial charge in [-0.2, -0.15) is 0 Å². The van der Waals surface area contributed by atoms with E-state index in [-0.39, 0.29) is 0 Å². The summed E-state index contributed by atoms with van der Waals surface area (Å²) in [4.78, 5) is 4.28. The van der Waals surface area contributed by atoms with Crippen LogP contribution in [0.25, 0.3) is 0 Å². The van der Waals surface area contributed by atoms with Crippen LogP contribution >= 0.6 is 0 Å². The second-order valence-corrected chi connectivity index (χ2v) is 2.59. The molecule has 0 heterocycles. The molecular formula is C11H13N. The van der Waals surface area contributed by atoms with Crippen molar-refractivity contribution in [3.05, 3.63) is 42.0 Å². The predicted molar refractivity (Wildman–Crippen MR) is 54.1 cm³/mol. The SMILES string of the molecule is CC=CC=Nc1ccccc1C. The van der Waals surface area contributed by atoms with Gasteiger partial charge in [-0.25, -0.2) is 0 Å². The quantitative estimate of drug-likeness (QED) is 0.587. The summed E-state index contributed by atoms with van der Waals surface area (Å²) in [6.45, 7) is 4.03. The van der Waals surface area contributed by atoms with Gasteiger partial charge >= 0.3 is 0 Å². The molecular weight excluding hydrogens is 146 g/mol. The van der Waals surface area contributed by atoms with E-state index >= 15 is 0 Å². The largest absolute Gasteiger partial charge is 0.257 e. The van der Waals surface area contributed by atoms with Crippen molar-refractivity contribution in [3.8, 4) is 0 Å². The molecule has 1 aromatic carbocycles. The highest BCUT2D eigenvalue weighted by Crippen LogP contribution is 2.15. The molecule has 0 aliphatic rings. The standard InChI is InChI=1S/C11H13N/c1-3-4-9-12-11-8-6-5-7-10(11)2/h3-9H,1-2H3. The average molecular weight is 159 g/mol. The fourth-order valence-electron chi connectivity index (χ4n) is 0.918. The zero-order valence-corrected chi connectivity index (χ0v) is 7.49. The highest BCUT2D eigenvalue weighted by Gasteiger charge is 1.89. The van der Waals surface area contributed by atoms with Gasteiger partial charge in [-0.1, -0.05) is 24.3 Å². The maximum atomic E-state index is 4.28. The zero-order chi connectivity index (χ0) is 8.81. The van der Waals surface area contributed by atoms with Crippen LogP contribution in [0.4, 0.5) is 5.69 Å². The molecule has 1 nitrogen and oxygen atoms in total. The number of rotatable bonds is 2. The summed E-state index contributed by atoms with van der Waals surface area (Å²) in [5.74, 6) is 0. The lowest BCUT2D eigenvalue weighted by molar-refractivity contribution is 1.41. The normalized spacial score (nSPS) is 11.5. The van der Waals surface area contributed by atoms with Crippen molar-refractivity contribution in [2.24, 2.45) is 4.99 Å². The molecule has 0 aliphatic carbocycles. The van der Waals surface area contributed by atoms with Crippen LogP contribution in [0.3, 0.4) is 0 Å². The summed E-state index contributed by atoms with van der Waals surface area (Å²) >= 11 is 0. The van der Waals surface area contributed by atoms with Gasteiger partial charge in [0.2, 0.25) is 0 Å². The Morgan fingerprint density at radius 3 is 2.67 bits per heavy atom. The second kappa shape index (κ2) is 4.50. The van der Waals surface area contributed by atoms with Crippen molar-refractivity contribution in [1.29, 1.82) is 0 Å². The highest BCUT2D eigenvalue weighted by atomic mass is 14.7. The van der Waals surface area contributed by atoms with Crippen LogP contribution in [0.1, 0.15) is 12.5 Å². The summed E-state index contributed by atoms with van der Waals surface area (Å²) in [6, 6.07) is 8.08. The molecule has 0 aromatic heterocycles. The van der Waals surface area contributed by atoms with Gasteiger partial charge in [0.1, 0.15) is 0 Å². The Hall–Kier alpha value is -1.37. The molecule has 1 heteroatoms. The Kier molecular flexibility index (Phi) is 3.27. The number of hydrogen-bond acceptors (Lipinski definition) is 1. The van der Waals surface area contributed by atoms with E-state index in [1.165, 1.54) is 5.56 Å². The average Bonchev–Trinajstić information content (AvgIpc) is 2.09. The van der Waals surface area contributed by atoms with Gasteiger partial charge in [0.05, 0.1) is 5.69 Å². The monoisotopic (exact) mass is 159 g/mol. The molecule has 1 aromatic rings. The number of benzene rings is 1. The third-order valence-corrected chi connectivity index (χ3v) is 1.61. The van der Waals surface area contributed by atoms with Crippen molar-refractivity contribution < 1.29 is 0 Å². The molecule has 0 bridgehead atoms. The first-order valence-corrected chi connectivity index (χ1v) is 4.05. The molecule has 0 aliphatic heterocycles. The number of aryl methyl sites for hydroxylation is 1. The zero-order valence-electron chi connectivity index (χ0n) is 7.49. The van der Waals surface area contributed by atoms with Gasteiger partial charge in [-0.05, 0) is 31.6 Å². The Morgan fingerprint density at radius 2 is 2.00 bits per heavy atom. The molecule has 0 saturated heterocycles. The maximum absolute atomic E-state index is 4.28. The highest BCUT2D eigenvalue weighted by molar-refractivity contribution is 5.74. The summed E-state index contributed by atoms with van der Waals surface area (Å²) in [6.07, 6.45) is 5.69. The van der Waals surface area contributed by atoms with Crippen LogP contribution in [0.15, 0.2) is 41.4 Å². The lowest BCUT2D eigenvalue weighted by Gasteiger charge is -1.95. The Bertz CT molecular complexity index is 298. The van der Waals surface area contributed by atoms with E-state index < -0.39 is 0 Å². The minimum absolute atomic E-state index is 1.04. The Balaban J connectivity index is 2.82. The molecule has 0 amide bonds. The van der Waals surface area contributed by atoms with Crippen molar-refractivity contribution >= 4 is 11.9 Å². The maximum Gasteiger partial charge on any atom is 0.0658 e. The molecule has 0 radical (unpaired) electrons. The molecule has 0 saturated carbocycles. The number of hydrogen-bond donors (Lipinski definition) is 0. The van der Waals surface area contributed by atoms with Gasteiger partial charge in [0.15, 0.2) is 0 Å². The van der Waals surface area contributed by atoms with Crippen LogP contribution < -0.4 is 0 Å². The van der Waals surface area contributed by atoms with E-state index in [1.807, 2.05) is 43.5 Å². The first kappa shape index (κ1) is 8.72. The van der Waals surface area contributed by atoms with Crippen LogP contribution in [0, 0.1) is 6.92 Å². The third kappa shape index (κ3) is 2.35. The van der Waals surface area contributed by atoms with Gasteiger partial charge in [-0.15, -0.1) is 0 Å². The third-order valence-electron chi connectivity index (χ3n) is 1.61. The van der Waals surface area contributed by atoms with Crippen molar-refractivity contribution in [1.82, 2.24) is 0 Å². The fraction of sp³-hybridized carbons (Fsp3) is 0.182. The van der Waals surface area contributed by atoms with Crippen LogP contribution in [-0.2, 0) is 0 Å². The summed E-state index contributed by atoms with van der Waals surface area (Å²) in [7, 11) is 0. The molecule has 1 rings (SSSR count). The minimum atomic E-state index is 1.04. The minimum Gasteiger partial charge on any atom is -0.257 e. The lowest BCUT2D eigenvalue weighted by Crippen LogP contribution is -1.72. The number of para-hydroxylation sites is 1. The topological polar surface area (TPSA) is 12.4 Å². The van der Waals surface area contributed by atoms with Crippen molar-refractivity contribution in [2.45, 2.75) is 13.8 Å². The second-order valence-electron chi connectivity index (χ2n) is 2.59. The van der Waals surface area contributed by atoms with Crippen LogP contribution in [0.2, 0.25) is 0 Å². The van der Waals surface area contributed by atoms with E-state index in [0.29, 0.717) is 0 Å². The van der Waals surface area contributed by atoms with Crippen LogP contribution in [-0.4, -0.2) is 6.21 Å². The van der Waals surface area contributed by atoms with E-state index in [2.05, 4.69) is 18.0 Å². The molecule has 0 fully saturated rings. The van der Waals surface area contributed by atoms with E-state index in [0.717, 1.165) is 5.69 Å². The Morgan fingerprint density at radius 1 is 1.25 bits per heavy atom. The number of aliphatic imine (C=N–C) groups is 1. The molecule has 0 atom stereocenters. The fourth-order valence-corrected chi connectivity index (χ4v) is 0.918. The summed E-state index contributed by atoms with van der Waals surface area (Å²) in [5, 5.41) is 0. The van der Waals surface area contributed by atoms with Crippen LogP contribution in [0.5, 0.6) is 0 Å². The number of nitrogens with zero attached hydrogens (tertiary/aromatic N) is 1. The summed E-state index contributed by atoms with van der Waals surface area (Å²) in [5.41, 5.74) is 2.24. The lowest BCUT2D eigenvalue weighted by atomic mass is 10.2. The molecule has 0 spiro atoms. The van der Waals surface area contributed by atoms with Crippen molar-refractivity contribution in [2.75, 3.05) is 0 Å². The molecule has 12 heavy (non-hydrogen) atoms.